The van der Waals surface area contributed by atoms with Crippen LogP contribution >= 0.6 is 0 Å². The number of benzene rings is 1. The number of hydrogen-bond acceptors (Lipinski definition) is 4. The lowest BCUT2D eigenvalue weighted by Crippen LogP contribution is -2.38. The first-order valence-electron chi connectivity index (χ1n) is 7.93. The maximum atomic E-state index is 12.7. The third-order valence-electron chi connectivity index (χ3n) is 4.17. The summed E-state index contributed by atoms with van der Waals surface area (Å²) in [7, 11) is 0. The van der Waals surface area contributed by atoms with Gasteiger partial charge in [-0.15, -0.1) is 0 Å². The summed E-state index contributed by atoms with van der Waals surface area (Å²) in [6, 6.07) is 10.1. The first-order chi connectivity index (χ1) is 11.9. The molecule has 0 bridgehead atoms. The van der Waals surface area contributed by atoms with Crippen LogP contribution in [0.3, 0.4) is 0 Å². The van der Waals surface area contributed by atoms with Crippen LogP contribution in [0.25, 0.3) is 0 Å². The Morgan fingerprint density at radius 2 is 1.80 bits per heavy atom. The summed E-state index contributed by atoms with van der Waals surface area (Å²) in [5, 5.41) is 2.86. The summed E-state index contributed by atoms with van der Waals surface area (Å²) in [4.78, 5) is 21.2. The van der Waals surface area contributed by atoms with Gasteiger partial charge in [0.2, 0.25) is 5.91 Å². The molecule has 1 fully saturated rings. The van der Waals surface area contributed by atoms with Gasteiger partial charge in [-0.05, 0) is 25.0 Å². The van der Waals surface area contributed by atoms with Crippen LogP contribution in [0.4, 0.5) is 24.7 Å². The first-order valence-corrected chi connectivity index (χ1v) is 7.93. The Morgan fingerprint density at radius 1 is 1.12 bits per heavy atom. The number of hydrogen-bond donors (Lipinski definition) is 1. The largest absolute Gasteiger partial charge is 0.433 e. The molecule has 132 valence electrons. The second-order valence-electron chi connectivity index (χ2n) is 5.88. The average molecular weight is 350 g/mol. The van der Waals surface area contributed by atoms with Crippen molar-refractivity contribution in [3.8, 4) is 0 Å². The van der Waals surface area contributed by atoms with E-state index in [0.29, 0.717) is 25.9 Å². The number of carbonyl (C=O) groups is 1. The van der Waals surface area contributed by atoms with E-state index in [1.165, 1.54) is 0 Å². The van der Waals surface area contributed by atoms with E-state index in [1.807, 2.05) is 30.3 Å². The van der Waals surface area contributed by atoms with Crippen LogP contribution in [-0.2, 0) is 11.0 Å². The van der Waals surface area contributed by atoms with Crippen molar-refractivity contribution in [2.45, 2.75) is 19.0 Å². The van der Waals surface area contributed by atoms with Gasteiger partial charge in [0, 0.05) is 30.8 Å². The van der Waals surface area contributed by atoms with Crippen molar-refractivity contribution in [1.82, 2.24) is 9.97 Å². The smallest absolute Gasteiger partial charge is 0.356 e. The molecule has 1 N–H and O–H groups in total. The molecule has 5 nitrogen and oxygen atoms in total. The molecule has 25 heavy (non-hydrogen) atoms. The molecule has 8 heteroatoms. The minimum absolute atomic E-state index is 0.0653. The maximum Gasteiger partial charge on any atom is 0.433 e. The molecule has 1 aliphatic heterocycles. The van der Waals surface area contributed by atoms with Gasteiger partial charge >= 0.3 is 6.18 Å². The van der Waals surface area contributed by atoms with E-state index < -0.39 is 11.9 Å². The summed E-state index contributed by atoms with van der Waals surface area (Å²) in [6.45, 7) is 0.947. The fourth-order valence-electron chi connectivity index (χ4n) is 2.81. The number of nitrogens with zero attached hydrogens (tertiary/aromatic N) is 3. The third-order valence-corrected chi connectivity index (χ3v) is 4.17. The number of rotatable bonds is 3. The maximum absolute atomic E-state index is 12.7. The highest BCUT2D eigenvalue weighted by atomic mass is 19.4. The second-order valence-corrected chi connectivity index (χ2v) is 5.88. The molecular formula is C17H17F3N4O. The van der Waals surface area contributed by atoms with Gasteiger partial charge in [0.1, 0.15) is 17.8 Å². The number of aromatic nitrogens is 2. The van der Waals surface area contributed by atoms with Crippen molar-refractivity contribution in [3.63, 3.8) is 0 Å². The zero-order valence-corrected chi connectivity index (χ0v) is 13.3. The molecule has 1 amide bonds. The zero-order valence-electron chi connectivity index (χ0n) is 13.3. The highest BCUT2D eigenvalue weighted by Gasteiger charge is 2.34. The van der Waals surface area contributed by atoms with Crippen LogP contribution in [0.5, 0.6) is 0 Å². The molecule has 0 aliphatic carbocycles. The van der Waals surface area contributed by atoms with Crippen LogP contribution < -0.4 is 10.2 Å². The van der Waals surface area contributed by atoms with Crippen LogP contribution in [0, 0.1) is 5.92 Å². The van der Waals surface area contributed by atoms with E-state index in [-0.39, 0.29) is 17.6 Å². The number of nitrogens with one attached hydrogen (secondary N) is 1. The molecule has 0 saturated carbocycles. The highest BCUT2D eigenvalue weighted by molar-refractivity contribution is 5.92. The summed E-state index contributed by atoms with van der Waals surface area (Å²) in [6.07, 6.45) is -2.45. The number of piperidine rings is 1. The minimum atomic E-state index is -4.49. The van der Waals surface area contributed by atoms with Crippen LogP contribution in [0.1, 0.15) is 18.5 Å². The van der Waals surface area contributed by atoms with E-state index in [1.54, 1.807) is 4.90 Å². The fourth-order valence-corrected chi connectivity index (χ4v) is 2.81. The Labute approximate surface area is 142 Å². The molecule has 2 heterocycles. The molecule has 0 atom stereocenters. The molecule has 1 aliphatic rings. The summed E-state index contributed by atoms with van der Waals surface area (Å²) in [5.41, 5.74) is -0.220. The summed E-state index contributed by atoms with van der Waals surface area (Å²) < 4.78 is 38.2. The van der Waals surface area contributed by atoms with Gasteiger partial charge in [-0.3, -0.25) is 4.79 Å². The number of anilines is 2. The van der Waals surface area contributed by atoms with Gasteiger partial charge in [-0.1, -0.05) is 18.2 Å². The lowest BCUT2D eigenvalue weighted by Gasteiger charge is -2.32. The quantitative estimate of drug-likeness (QED) is 0.922. The van der Waals surface area contributed by atoms with Gasteiger partial charge < -0.3 is 10.2 Å². The van der Waals surface area contributed by atoms with Gasteiger partial charge in [-0.25, -0.2) is 9.97 Å². The Kier molecular flexibility index (Phi) is 4.87. The SMILES string of the molecule is O=C(Nc1ccccc1)C1CCN(c2cc(C(F)(F)F)ncn2)CC1. The van der Waals surface area contributed by atoms with E-state index in [2.05, 4.69) is 15.3 Å². The van der Waals surface area contributed by atoms with E-state index in [4.69, 9.17) is 0 Å². The molecule has 1 aromatic carbocycles. The van der Waals surface area contributed by atoms with Crippen LogP contribution in [0.2, 0.25) is 0 Å². The predicted octanol–water partition coefficient (Wildman–Crippen LogP) is 3.35. The van der Waals surface area contributed by atoms with Crippen molar-refractivity contribution >= 4 is 17.4 Å². The molecule has 2 aromatic rings. The van der Waals surface area contributed by atoms with E-state index in [0.717, 1.165) is 18.1 Å². The molecule has 1 aromatic heterocycles. The molecule has 0 unspecified atom stereocenters. The standard InChI is InChI=1S/C17H17F3N4O/c18-17(19,20)14-10-15(22-11-21-14)24-8-6-12(7-9-24)16(25)23-13-4-2-1-3-5-13/h1-5,10-12H,6-9H2,(H,23,25). The van der Waals surface area contributed by atoms with E-state index >= 15 is 0 Å². The number of alkyl halides is 3. The third kappa shape index (κ3) is 4.26. The Bertz CT molecular complexity index is 728. The fraction of sp³-hybridized carbons (Fsp3) is 0.353. The van der Waals surface area contributed by atoms with Crippen molar-refractivity contribution in [2.75, 3.05) is 23.3 Å². The van der Waals surface area contributed by atoms with Gasteiger partial charge in [0.25, 0.3) is 0 Å². The number of halogens is 3. The molecular weight excluding hydrogens is 333 g/mol. The van der Waals surface area contributed by atoms with Crippen molar-refractivity contribution < 1.29 is 18.0 Å². The molecule has 3 rings (SSSR count). The molecule has 0 radical (unpaired) electrons. The lowest BCUT2D eigenvalue weighted by atomic mass is 9.95. The monoisotopic (exact) mass is 350 g/mol. The second kappa shape index (κ2) is 7.08. The summed E-state index contributed by atoms with van der Waals surface area (Å²) in [5.74, 6) is 0.00846. The summed E-state index contributed by atoms with van der Waals surface area (Å²) >= 11 is 0. The highest BCUT2D eigenvalue weighted by Crippen LogP contribution is 2.30. The Hall–Kier alpha value is -2.64. The van der Waals surface area contributed by atoms with Crippen LogP contribution in [0.15, 0.2) is 42.7 Å². The molecule has 0 spiro atoms. The van der Waals surface area contributed by atoms with Gasteiger partial charge in [-0.2, -0.15) is 13.2 Å². The minimum Gasteiger partial charge on any atom is -0.356 e. The average Bonchev–Trinajstić information content (AvgIpc) is 2.62. The van der Waals surface area contributed by atoms with Crippen molar-refractivity contribution in [1.29, 1.82) is 0 Å². The number of amides is 1. The number of carbonyl (C=O) groups excluding carboxylic acids is 1. The van der Waals surface area contributed by atoms with Gasteiger partial charge in [0.05, 0.1) is 0 Å². The van der Waals surface area contributed by atoms with E-state index in [9.17, 15) is 18.0 Å². The zero-order chi connectivity index (χ0) is 17.9. The van der Waals surface area contributed by atoms with Gasteiger partial charge in [0.15, 0.2) is 0 Å². The normalized spacial score (nSPS) is 15.9. The lowest BCUT2D eigenvalue weighted by molar-refractivity contribution is -0.141. The first kappa shape index (κ1) is 17.2. The predicted molar refractivity (Wildman–Crippen MR) is 87.0 cm³/mol. The topological polar surface area (TPSA) is 58.1 Å². The Balaban J connectivity index is 1.59. The Morgan fingerprint density at radius 3 is 2.44 bits per heavy atom. The number of para-hydroxylation sites is 1. The van der Waals surface area contributed by atoms with Crippen LogP contribution in [-0.4, -0.2) is 29.0 Å². The van der Waals surface area contributed by atoms with Crippen molar-refractivity contribution in [3.05, 3.63) is 48.4 Å². The van der Waals surface area contributed by atoms with Crippen molar-refractivity contribution in [2.24, 2.45) is 5.92 Å². The molecule has 1 saturated heterocycles.